The molecule has 4 rings (SSSR count). The van der Waals surface area contributed by atoms with E-state index in [1.54, 1.807) is 6.08 Å². The van der Waals surface area contributed by atoms with Gasteiger partial charge in [-0.1, -0.05) is 46.9 Å². The van der Waals surface area contributed by atoms with Gasteiger partial charge in [0, 0.05) is 23.8 Å². The topological polar surface area (TPSA) is 41.5 Å². The first-order valence-corrected chi connectivity index (χ1v) is 9.41. The number of aliphatic hydroxyl groups excluding tert-OH is 1. The maximum Gasteiger partial charge on any atom is 0.112 e. The Balaban J connectivity index is 1.79. The van der Waals surface area contributed by atoms with Gasteiger partial charge in [-0.05, 0) is 43.9 Å². The summed E-state index contributed by atoms with van der Waals surface area (Å²) in [6.07, 6.45) is 9.26. The molecule has 23 heavy (non-hydrogen) atoms. The molecule has 0 bridgehead atoms. The zero-order valence-electron chi connectivity index (χ0n) is 13.3. The maximum atomic E-state index is 10.0. The molecule has 122 valence electrons. The molecule has 0 amide bonds. The van der Waals surface area contributed by atoms with Crippen LogP contribution in [0.15, 0.2) is 42.2 Å². The number of alkyl halides is 1. The van der Waals surface area contributed by atoms with Gasteiger partial charge in [-0.25, -0.2) is 0 Å². The number of ether oxygens (including phenoxy) is 1. The van der Waals surface area contributed by atoms with Crippen molar-refractivity contribution < 1.29 is 9.84 Å². The number of para-hydroxylation sites is 1. The Bertz CT molecular complexity index is 684. The highest BCUT2D eigenvalue weighted by Gasteiger charge is 2.48. The largest absolute Gasteiger partial charge is 0.508 e. The van der Waals surface area contributed by atoms with Crippen LogP contribution in [0.5, 0.6) is 0 Å². The zero-order valence-corrected chi connectivity index (χ0v) is 15.4. The smallest absolute Gasteiger partial charge is 0.112 e. The number of benzene rings is 1. The predicted molar refractivity (Wildman–Crippen MR) is 101 cm³/mol. The molecule has 0 radical (unpaired) electrons. The summed E-state index contributed by atoms with van der Waals surface area (Å²) in [5, 5.41) is 13.8. The third kappa shape index (κ3) is 2.60. The van der Waals surface area contributed by atoms with E-state index in [1.807, 2.05) is 6.08 Å². The molecule has 1 fully saturated rings. The average molecular weight is 423 g/mol. The van der Waals surface area contributed by atoms with Gasteiger partial charge in [0.05, 0.1) is 15.6 Å². The summed E-state index contributed by atoms with van der Waals surface area (Å²) in [6, 6.07) is 6.73. The van der Waals surface area contributed by atoms with E-state index in [1.165, 1.54) is 23.2 Å². The summed E-state index contributed by atoms with van der Waals surface area (Å²) in [7, 11) is 0. The molecule has 2 aliphatic heterocycles. The van der Waals surface area contributed by atoms with Crippen molar-refractivity contribution in [3.05, 3.63) is 53.3 Å². The Morgan fingerprint density at radius 1 is 1.39 bits per heavy atom. The number of hydrogen-bond donors (Lipinski definition) is 2. The van der Waals surface area contributed by atoms with Crippen molar-refractivity contribution in [2.45, 2.75) is 41.8 Å². The molecule has 1 aliphatic carbocycles. The minimum absolute atomic E-state index is 0.125. The fraction of sp³-hybridized carbons (Fsp3) is 0.474. The minimum Gasteiger partial charge on any atom is -0.508 e. The summed E-state index contributed by atoms with van der Waals surface area (Å²) in [4.78, 5) is 0. The lowest BCUT2D eigenvalue weighted by Gasteiger charge is -2.49. The predicted octanol–water partition coefficient (Wildman–Crippen LogP) is 4.83. The number of fused-ring (bicyclic) bond motifs is 3. The van der Waals surface area contributed by atoms with E-state index in [0.29, 0.717) is 11.7 Å². The molecule has 3 aliphatic rings. The highest BCUT2D eigenvalue weighted by molar-refractivity contribution is 14.1. The van der Waals surface area contributed by atoms with Crippen LogP contribution in [-0.2, 0) is 4.74 Å². The lowest BCUT2D eigenvalue weighted by atomic mass is 9.73. The summed E-state index contributed by atoms with van der Waals surface area (Å²) in [6.45, 7) is 3.00. The van der Waals surface area contributed by atoms with Crippen molar-refractivity contribution in [3.63, 3.8) is 0 Å². The molecular weight excluding hydrogens is 401 g/mol. The quantitative estimate of drug-likeness (QED) is 0.502. The summed E-state index contributed by atoms with van der Waals surface area (Å²) >= 11 is 2.52. The van der Waals surface area contributed by atoms with E-state index in [4.69, 9.17) is 4.74 Å². The van der Waals surface area contributed by atoms with Gasteiger partial charge >= 0.3 is 0 Å². The van der Waals surface area contributed by atoms with E-state index in [0.717, 1.165) is 19.4 Å². The first kappa shape index (κ1) is 15.5. The number of hydrogen-bond acceptors (Lipinski definition) is 3. The van der Waals surface area contributed by atoms with Gasteiger partial charge in [-0.2, -0.15) is 0 Å². The maximum absolute atomic E-state index is 10.0. The Morgan fingerprint density at radius 2 is 2.26 bits per heavy atom. The van der Waals surface area contributed by atoms with Gasteiger partial charge in [0.2, 0.25) is 0 Å². The van der Waals surface area contributed by atoms with Gasteiger partial charge in [0.1, 0.15) is 5.76 Å². The van der Waals surface area contributed by atoms with Crippen LogP contribution in [0.4, 0.5) is 5.69 Å². The number of nitrogens with one attached hydrogen (secondary N) is 1. The van der Waals surface area contributed by atoms with Crippen LogP contribution in [0.3, 0.4) is 0 Å². The van der Waals surface area contributed by atoms with Gasteiger partial charge in [0.25, 0.3) is 0 Å². The van der Waals surface area contributed by atoms with E-state index in [9.17, 15) is 5.11 Å². The van der Waals surface area contributed by atoms with Crippen molar-refractivity contribution in [1.82, 2.24) is 0 Å². The number of aliphatic hydroxyl groups is 1. The molecule has 2 N–H and O–H groups in total. The molecule has 0 spiro atoms. The lowest BCUT2D eigenvalue weighted by molar-refractivity contribution is -0.0396. The fourth-order valence-electron chi connectivity index (χ4n) is 4.26. The zero-order chi connectivity index (χ0) is 16.0. The van der Waals surface area contributed by atoms with Crippen LogP contribution in [0.1, 0.15) is 36.5 Å². The SMILES string of the molecule is Cc1cccc2c1N[C@@H](C1(I)C=C(O)C=CC1)[C@@H]1CCCO[C@H]21. The molecule has 1 saturated heterocycles. The van der Waals surface area contributed by atoms with Crippen molar-refractivity contribution in [3.8, 4) is 0 Å². The average Bonchev–Trinajstić information content (AvgIpc) is 2.54. The van der Waals surface area contributed by atoms with Gasteiger partial charge in [-0.15, -0.1) is 0 Å². The Hall–Kier alpha value is -1.01. The highest BCUT2D eigenvalue weighted by atomic mass is 127. The Labute approximate surface area is 150 Å². The summed E-state index contributed by atoms with van der Waals surface area (Å²) in [5.41, 5.74) is 3.78. The molecule has 1 unspecified atom stereocenters. The lowest BCUT2D eigenvalue weighted by Crippen LogP contribution is -2.52. The van der Waals surface area contributed by atoms with Crippen LogP contribution in [0.2, 0.25) is 0 Å². The van der Waals surface area contributed by atoms with Crippen LogP contribution in [0, 0.1) is 12.8 Å². The third-order valence-electron chi connectivity index (χ3n) is 5.33. The van der Waals surface area contributed by atoms with Crippen LogP contribution < -0.4 is 5.32 Å². The van der Waals surface area contributed by atoms with E-state index >= 15 is 0 Å². The number of halogens is 1. The van der Waals surface area contributed by atoms with Crippen molar-refractivity contribution in [2.75, 3.05) is 11.9 Å². The fourth-order valence-corrected chi connectivity index (χ4v) is 5.45. The molecule has 2 heterocycles. The first-order chi connectivity index (χ1) is 11.1. The molecule has 4 atom stereocenters. The minimum atomic E-state index is -0.125. The second-order valence-electron chi connectivity index (χ2n) is 6.86. The van der Waals surface area contributed by atoms with Crippen molar-refractivity contribution in [1.29, 1.82) is 0 Å². The summed E-state index contributed by atoms with van der Waals surface area (Å²) < 4.78 is 6.09. The molecule has 3 nitrogen and oxygen atoms in total. The Morgan fingerprint density at radius 3 is 3.09 bits per heavy atom. The molecular formula is C19H22INO2. The summed E-state index contributed by atoms with van der Waals surface area (Å²) in [5.74, 6) is 0.807. The second-order valence-corrected chi connectivity index (χ2v) is 8.87. The Kier molecular flexibility index (Phi) is 3.92. The third-order valence-corrected chi connectivity index (χ3v) is 6.75. The number of anilines is 1. The molecule has 1 aromatic carbocycles. The number of allylic oxidation sites excluding steroid dienone is 2. The van der Waals surface area contributed by atoms with Gasteiger partial charge in [0.15, 0.2) is 0 Å². The first-order valence-electron chi connectivity index (χ1n) is 8.33. The normalized spacial score (nSPS) is 35.7. The second kappa shape index (κ2) is 5.81. The highest BCUT2D eigenvalue weighted by Crippen LogP contribution is 2.51. The monoisotopic (exact) mass is 423 g/mol. The van der Waals surface area contributed by atoms with E-state index in [2.05, 4.69) is 59.1 Å². The molecule has 0 saturated carbocycles. The standard InChI is InChI=1S/C19H22INO2/c1-12-5-2-7-14-16(12)21-18(15-8-4-10-23-17(14)15)19(20)9-3-6-13(22)11-19/h2-3,5-7,11,15,17-18,21-22H,4,8-10H2,1H3/t15-,17-,18-,19?/m1/s1. The van der Waals surface area contributed by atoms with Crippen molar-refractivity contribution in [2.24, 2.45) is 5.92 Å². The number of aryl methyl sites for hydroxylation is 1. The van der Waals surface area contributed by atoms with Crippen LogP contribution >= 0.6 is 22.6 Å². The number of rotatable bonds is 1. The van der Waals surface area contributed by atoms with Gasteiger partial charge in [-0.3, -0.25) is 0 Å². The molecule has 0 aromatic heterocycles. The van der Waals surface area contributed by atoms with Crippen LogP contribution in [-0.4, -0.2) is 21.2 Å². The van der Waals surface area contributed by atoms with E-state index < -0.39 is 0 Å². The molecule has 1 aromatic rings. The van der Waals surface area contributed by atoms with E-state index in [-0.39, 0.29) is 15.6 Å². The molecule has 4 heteroatoms. The van der Waals surface area contributed by atoms with Crippen LogP contribution in [0.25, 0.3) is 0 Å². The van der Waals surface area contributed by atoms with Gasteiger partial charge < -0.3 is 15.2 Å². The van der Waals surface area contributed by atoms with Crippen molar-refractivity contribution >= 4 is 28.3 Å².